The molecule has 0 unspecified atom stereocenters. The molecule has 0 saturated heterocycles. The van der Waals surface area contributed by atoms with Gasteiger partial charge in [-0.05, 0) is 18.8 Å². The molecular formula is C11H17N3O2. The lowest BCUT2D eigenvalue weighted by Gasteiger charge is -2.33. The van der Waals surface area contributed by atoms with Crippen LogP contribution in [0.4, 0.5) is 0 Å². The largest absolute Gasteiger partial charge is 0.351 e. The molecule has 5 nitrogen and oxygen atoms in total. The minimum Gasteiger partial charge on any atom is -0.351 e. The molecule has 0 aliphatic heterocycles. The number of rotatable bonds is 3. The molecule has 1 heterocycles. The van der Waals surface area contributed by atoms with Gasteiger partial charge in [0.1, 0.15) is 0 Å². The van der Waals surface area contributed by atoms with Crippen molar-refractivity contribution in [3.63, 3.8) is 0 Å². The highest BCUT2D eigenvalue weighted by atomic mass is 16.5. The monoisotopic (exact) mass is 223 g/mol. The van der Waals surface area contributed by atoms with E-state index in [1.165, 1.54) is 0 Å². The smallest absolute Gasteiger partial charge is 0.290 e. The number of nitrogens with two attached hydrogens (primary N) is 1. The zero-order valence-electron chi connectivity index (χ0n) is 9.56. The van der Waals surface area contributed by atoms with Crippen LogP contribution < -0.4 is 11.1 Å². The Morgan fingerprint density at radius 1 is 1.62 bits per heavy atom. The van der Waals surface area contributed by atoms with E-state index in [1.54, 1.807) is 6.07 Å². The van der Waals surface area contributed by atoms with Gasteiger partial charge < -0.3 is 15.6 Å². The third-order valence-corrected chi connectivity index (χ3v) is 2.99. The van der Waals surface area contributed by atoms with Gasteiger partial charge in [0.05, 0.1) is 5.69 Å². The first kappa shape index (κ1) is 11.1. The van der Waals surface area contributed by atoms with Crippen LogP contribution in [0.3, 0.4) is 0 Å². The molecule has 1 amide bonds. The molecule has 88 valence electrons. The highest BCUT2D eigenvalue weighted by Crippen LogP contribution is 2.19. The number of nitrogens with one attached hydrogen (secondary N) is 1. The molecule has 0 spiro atoms. The second-order valence-electron chi connectivity index (χ2n) is 4.59. The maximum Gasteiger partial charge on any atom is 0.290 e. The molecule has 5 heteroatoms. The van der Waals surface area contributed by atoms with Crippen LogP contribution in [-0.2, 0) is 0 Å². The van der Waals surface area contributed by atoms with E-state index in [-0.39, 0.29) is 29.7 Å². The third kappa shape index (κ3) is 2.09. The van der Waals surface area contributed by atoms with Gasteiger partial charge >= 0.3 is 0 Å². The Morgan fingerprint density at radius 2 is 2.38 bits per heavy atom. The van der Waals surface area contributed by atoms with E-state index < -0.39 is 0 Å². The number of aromatic nitrogens is 1. The van der Waals surface area contributed by atoms with E-state index in [0.29, 0.717) is 0 Å². The van der Waals surface area contributed by atoms with Crippen LogP contribution in [0.15, 0.2) is 10.6 Å². The summed E-state index contributed by atoms with van der Waals surface area (Å²) in [7, 11) is 0. The molecular weight excluding hydrogens is 206 g/mol. The quantitative estimate of drug-likeness (QED) is 0.801. The fourth-order valence-electron chi connectivity index (χ4n) is 1.61. The van der Waals surface area contributed by atoms with Crippen molar-refractivity contribution >= 4 is 5.91 Å². The summed E-state index contributed by atoms with van der Waals surface area (Å²) in [5, 5.41) is 6.68. The van der Waals surface area contributed by atoms with E-state index >= 15 is 0 Å². The van der Waals surface area contributed by atoms with E-state index in [4.69, 9.17) is 10.3 Å². The molecule has 1 fully saturated rings. The van der Waals surface area contributed by atoms with E-state index in [0.717, 1.165) is 18.5 Å². The number of hydrogen-bond acceptors (Lipinski definition) is 4. The molecule has 2 rings (SSSR count). The fourth-order valence-corrected chi connectivity index (χ4v) is 1.61. The van der Waals surface area contributed by atoms with Crippen LogP contribution >= 0.6 is 0 Å². The van der Waals surface area contributed by atoms with Crippen LogP contribution in [0, 0.1) is 0 Å². The van der Waals surface area contributed by atoms with Crippen LogP contribution in [0.2, 0.25) is 0 Å². The summed E-state index contributed by atoms with van der Waals surface area (Å²) >= 11 is 0. The Bertz CT molecular complexity index is 386. The Hall–Kier alpha value is -1.36. The summed E-state index contributed by atoms with van der Waals surface area (Å²) < 4.78 is 4.99. The summed E-state index contributed by atoms with van der Waals surface area (Å²) in [4.78, 5) is 11.7. The SMILES string of the molecule is CC(C)c1cc(C(=O)N[C@@H]2CC[C@@H]2N)on1. The van der Waals surface area contributed by atoms with Crippen molar-refractivity contribution < 1.29 is 9.32 Å². The van der Waals surface area contributed by atoms with Gasteiger partial charge in [-0.2, -0.15) is 0 Å². The average Bonchev–Trinajstić information content (AvgIpc) is 2.72. The number of amides is 1. The van der Waals surface area contributed by atoms with E-state index in [2.05, 4.69) is 10.5 Å². The molecule has 3 N–H and O–H groups in total. The summed E-state index contributed by atoms with van der Waals surface area (Å²) in [5.41, 5.74) is 6.54. The van der Waals surface area contributed by atoms with Gasteiger partial charge in [0.2, 0.25) is 5.76 Å². The Labute approximate surface area is 94.4 Å². The van der Waals surface area contributed by atoms with Gasteiger partial charge in [-0.1, -0.05) is 19.0 Å². The lowest BCUT2D eigenvalue weighted by molar-refractivity contribution is 0.0868. The van der Waals surface area contributed by atoms with Crippen LogP contribution in [0.25, 0.3) is 0 Å². The van der Waals surface area contributed by atoms with Gasteiger partial charge in [-0.3, -0.25) is 4.79 Å². The van der Waals surface area contributed by atoms with E-state index in [9.17, 15) is 4.79 Å². The Balaban J connectivity index is 1.97. The second kappa shape index (κ2) is 4.25. The van der Waals surface area contributed by atoms with Crippen molar-refractivity contribution in [3.8, 4) is 0 Å². The van der Waals surface area contributed by atoms with Crippen LogP contribution in [0.5, 0.6) is 0 Å². The predicted molar refractivity (Wildman–Crippen MR) is 59.1 cm³/mol. The summed E-state index contributed by atoms with van der Waals surface area (Å²) in [6, 6.07) is 1.85. The number of carbonyl (C=O) groups excluding carboxylic acids is 1. The second-order valence-corrected chi connectivity index (χ2v) is 4.59. The molecule has 0 bridgehead atoms. The van der Waals surface area contributed by atoms with Gasteiger partial charge in [-0.25, -0.2) is 0 Å². The van der Waals surface area contributed by atoms with Crippen molar-refractivity contribution in [2.75, 3.05) is 0 Å². The predicted octanol–water partition coefficient (Wildman–Crippen LogP) is 1.02. The lowest BCUT2D eigenvalue weighted by atomic mass is 9.87. The zero-order valence-corrected chi connectivity index (χ0v) is 9.56. The van der Waals surface area contributed by atoms with Crippen molar-refractivity contribution in [1.82, 2.24) is 10.5 Å². The maximum absolute atomic E-state index is 11.7. The third-order valence-electron chi connectivity index (χ3n) is 2.99. The van der Waals surface area contributed by atoms with Crippen LogP contribution in [-0.4, -0.2) is 23.1 Å². The average molecular weight is 223 g/mol. The topological polar surface area (TPSA) is 81.2 Å². The van der Waals surface area contributed by atoms with Crippen molar-refractivity contribution in [2.45, 2.75) is 44.7 Å². The first-order valence-corrected chi connectivity index (χ1v) is 5.61. The Kier molecular flexibility index (Phi) is 2.96. The minimum atomic E-state index is -0.223. The Morgan fingerprint density at radius 3 is 2.81 bits per heavy atom. The normalized spacial score (nSPS) is 24.2. The van der Waals surface area contributed by atoms with Crippen molar-refractivity contribution in [3.05, 3.63) is 17.5 Å². The highest BCUT2D eigenvalue weighted by molar-refractivity contribution is 5.91. The first-order valence-electron chi connectivity index (χ1n) is 5.61. The van der Waals surface area contributed by atoms with Gasteiger partial charge in [0, 0.05) is 18.2 Å². The first-order chi connectivity index (χ1) is 7.58. The summed E-state index contributed by atoms with van der Waals surface area (Å²) in [6.07, 6.45) is 1.91. The lowest BCUT2D eigenvalue weighted by Crippen LogP contribution is -2.54. The molecule has 1 saturated carbocycles. The standard InChI is InChI=1S/C11H17N3O2/c1-6(2)9-5-10(16-14-9)11(15)13-8-4-3-7(8)12/h5-8H,3-4,12H2,1-2H3,(H,13,15)/t7-,8+/m0/s1. The summed E-state index contributed by atoms with van der Waals surface area (Å²) in [5.74, 6) is 0.304. The summed E-state index contributed by atoms with van der Waals surface area (Å²) in [6.45, 7) is 4.00. The highest BCUT2D eigenvalue weighted by Gasteiger charge is 2.29. The molecule has 1 aromatic rings. The molecule has 1 aromatic heterocycles. The number of nitrogens with zero attached hydrogens (tertiary/aromatic N) is 1. The van der Waals surface area contributed by atoms with Gasteiger partial charge in [0.15, 0.2) is 0 Å². The van der Waals surface area contributed by atoms with Crippen molar-refractivity contribution in [2.24, 2.45) is 5.73 Å². The molecule has 1 aliphatic rings. The molecule has 1 aliphatic carbocycles. The van der Waals surface area contributed by atoms with Gasteiger partial charge in [-0.15, -0.1) is 0 Å². The fraction of sp³-hybridized carbons (Fsp3) is 0.636. The minimum absolute atomic E-state index is 0.0800. The van der Waals surface area contributed by atoms with E-state index in [1.807, 2.05) is 13.8 Å². The van der Waals surface area contributed by atoms with Gasteiger partial charge in [0.25, 0.3) is 5.91 Å². The molecule has 0 aromatic carbocycles. The number of carbonyl (C=O) groups is 1. The molecule has 16 heavy (non-hydrogen) atoms. The number of hydrogen-bond donors (Lipinski definition) is 2. The van der Waals surface area contributed by atoms with Crippen LogP contribution in [0.1, 0.15) is 48.9 Å². The molecule has 2 atom stereocenters. The zero-order chi connectivity index (χ0) is 11.7. The molecule has 0 radical (unpaired) electrons. The maximum atomic E-state index is 11.7. The van der Waals surface area contributed by atoms with Crippen molar-refractivity contribution in [1.29, 1.82) is 0 Å².